The quantitative estimate of drug-likeness (QED) is 0.527. The van der Waals surface area contributed by atoms with Gasteiger partial charge >= 0.3 is 0 Å². The summed E-state index contributed by atoms with van der Waals surface area (Å²) in [5.74, 6) is 1.64. The van der Waals surface area contributed by atoms with Crippen LogP contribution in [0.15, 0.2) is 59.6 Å². The van der Waals surface area contributed by atoms with Crippen LogP contribution in [0.2, 0.25) is 0 Å². The molecular weight excluding hydrogens is 365 g/mol. The molecule has 0 saturated carbocycles. The number of likely N-dealkylation sites (N-methyl/N-ethyl adjacent to an activating group) is 1. The molecule has 7 heteroatoms. The zero-order valence-electron chi connectivity index (χ0n) is 15.7. The third-order valence-corrected chi connectivity index (χ3v) is 5.19. The van der Waals surface area contributed by atoms with E-state index in [9.17, 15) is 8.60 Å². The number of ether oxygens (including phenoxy) is 1. The van der Waals surface area contributed by atoms with Gasteiger partial charge in [0.25, 0.3) is 0 Å². The molecule has 146 valence electrons. The van der Waals surface area contributed by atoms with Gasteiger partial charge in [0.2, 0.25) is 0 Å². The number of nitrogens with one attached hydrogen (secondary N) is 1. The number of hydrogen-bond donors (Lipinski definition) is 1. The van der Waals surface area contributed by atoms with Crippen LogP contribution in [0.4, 0.5) is 4.39 Å². The molecule has 2 aromatic rings. The van der Waals surface area contributed by atoms with Crippen LogP contribution < -0.4 is 10.1 Å². The molecule has 0 aliphatic carbocycles. The molecule has 0 aliphatic rings. The molecule has 5 nitrogen and oxygen atoms in total. The van der Waals surface area contributed by atoms with Crippen LogP contribution in [-0.2, 0) is 16.6 Å². The van der Waals surface area contributed by atoms with Crippen LogP contribution in [0.1, 0.15) is 5.56 Å². The maximum atomic E-state index is 13.5. The molecule has 0 bridgehead atoms. The van der Waals surface area contributed by atoms with Gasteiger partial charge in [-0.3, -0.25) is 9.20 Å². The Hall–Kier alpha value is -2.41. The number of rotatable bonds is 9. The van der Waals surface area contributed by atoms with Crippen molar-refractivity contribution in [3.63, 3.8) is 0 Å². The van der Waals surface area contributed by atoms with E-state index in [0.29, 0.717) is 37.2 Å². The molecule has 0 saturated heterocycles. The average molecular weight is 392 g/mol. The van der Waals surface area contributed by atoms with Crippen LogP contribution in [0.25, 0.3) is 0 Å². The summed E-state index contributed by atoms with van der Waals surface area (Å²) in [7, 11) is 2.63. The van der Waals surface area contributed by atoms with Gasteiger partial charge in [-0.15, -0.1) is 0 Å². The van der Waals surface area contributed by atoms with E-state index in [4.69, 9.17) is 4.74 Å². The second kappa shape index (κ2) is 11.3. The van der Waals surface area contributed by atoms with Crippen LogP contribution in [0.5, 0.6) is 5.75 Å². The monoisotopic (exact) mass is 391 g/mol. The van der Waals surface area contributed by atoms with Gasteiger partial charge in [-0.2, -0.15) is 0 Å². The first-order valence-electron chi connectivity index (χ1n) is 8.78. The van der Waals surface area contributed by atoms with Gasteiger partial charge in [-0.1, -0.05) is 42.5 Å². The molecule has 0 amide bonds. The Labute approximate surface area is 162 Å². The molecule has 1 unspecified atom stereocenters. The molecule has 0 spiro atoms. The fraction of sp³-hybridized carbons (Fsp3) is 0.350. The summed E-state index contributed by atoms with van der Waals surface area (Å²) in [5, 5.41) is 3.20. The topological polar surface area (TPSA) is 53.9 Å². The van der Waals surface area contributed by atoms with Gasteiger partial charge in [0.1, 0.15) is 6.61 Å². The Kier molecular flexibility index (Phi) is 8.77. The predicted molar refractivity (Wildman–Crippen MR) is 109 cm³/mol. The SMILES string of the molecule is CN=C(NCCS(=O)Cc1ccccc1)N(C)CCOc1ccccc1F. The molecule has 2 aromatic carbocycles. The van der Waals surface area contributed by atoms with Crippen LogP contribution in [0, 0.1) is 5.82 Å². The van der Waals surface area contributed by atoms with Crippen LogP contribution in [0.3, 0.4) is 0 Å². The minimum Gasteiger partial charge on any atom is -0.489 e. The lowest BCUT2D eigenvalue weighted by molar-refractivity contribution is 0.270. The Bertz CT molecular complexity index is 756. The van der Waals surface area contributed by atoms with Crippen molar-refractivity contribution < 1.29 is 13.3 Å². The van der Waals surface area contributed by atoms with Gasteiger partial charge < -0.3 is 15.0 Å². The Morgan fingerprint density at radius 1 is 1.19 bits per heavy atom. The summed E-state index contributed by atoms with van der Waals surface area (Å²) >= 11 is 0. The molecule has 1 N–H and O–H groups in total. The van der Waals surface area contributed by atoms with E-state index in [-0.39, 0.29) is 11.6 Å². The first kappa shape index (κ1) is 20.9. The van der Waals surface area contributed by atoms with Crippen molar-refractivity contribution >= 4 is 16.8 Å². The van der Waals surface area contributed by atoms with Crippen molar-refractivity contribution in [2.45, 2.75) is 5.75 Å². The minimum absolute atomic E-state index is 0.241. The average Bonchev–Trinajstić information content (AvgIpc) is 2.67. The first-order valence-corrected chi connectivity index (χ1v) is 10.3. The van der Waals surface area contributed by atoms with Gasteiger partial charge in [0, 0.05) is 42.9 Å². The molecule has 0 aliphatic heterocycles. The fourth-order valence-corrected chi connectivity index (χ4v) is 3.49. The van der Waals surface area contributed by atoms with Gasteiger partial charge in [-0.25, -0.2) is 4.39 Å². The summed E-state index contributed by atoms with van der Waals surface area (Å²) in [4.78, 5) is 6.10. The minimum atomic E-state index is -0.938. The van der Waals surface area contributed by atoms with Crippen molar-refractivity contribution in [1.29, 1.82) is 0 Å². The summed E-state index contributed by atoms with van der Waals surface area (Å²) in [6.07, 6.45) is 0. The number of hydrogen-bond acceptors (Lipinski definition) is 3. The maximum Gasteiger partial charge on any atom is 0.193 e. The Morgan fingerprint density at radius 2 is 1.89 bits per heavy atom. The predicted octanol–water partition coefficient (Wildman–Crippen LogP) is 2.66. The molecular formula is C20H26FN3O2S. The number of aliphatic imine (C=N–C) groups is 1. The number of para-hydroxylation sites is 1. The Morgan fingerprint density at radius 3 is 2.59 bits per heavy atom. The van der Waals surface area contributed by atoms with E-state index in [1.807, 2.05) is 42.3 Å². The van der Waals surface area contributed by atoms with Gasteiger partial charge in [0.05, 0.1) is 6.54 Å². The second-order valence-corrected chi connectivity index (χ2v) is 7.52. The zero-order chi connectivity index (χ0) is 19.5. The summed E-state index contributed by atoms with van der Waals surface area (Å²) in [5.41, 5.74) is 1.07. The molecule has 0 fully saturated rings. The van der Waals surface area contributed by atoms with Crippen molar-refractivity contribution in [3.8, 4) is 5.75 Å². The highest BCUT2D eigenvalue weighted by atomic mass is 32.2. The molecule has 1 atom stereocenters. The normalized spacial score (nSPS) is 12.5. The lowest BCUT2D eigenvalue weighted by atomic mass is 10.2. The van der Waals surface area contributed by atoms with Crippen LogP contribution >= 0.6 is 0 Å². The second-order valence-electron chi connectivity index (χ2n) is 5.95. The van der Waals surface area contributed by atoms with E-state index >= 15 is 0 Å². The summed E-state index contributed by atoms with van der Waals surface area (Å²) in [6, 6.07) is 16.1. The number of halogens is 1. The highest BCUT2D eigenvalue weighted by Crippen LogP contribution is 2.14. The fourth-order valence-electron chi connectivity index (χ4n) is 2.45. The van der Waals surface area contributed by atoms with Gasteiger partial charge in [-0.05, 0) is 17.7 Å². The summed E-state index contributed by atoms with van der Waals surface area (Å²) in [6.45, 7) is 1.43. The lowest BCUT2D eigenvalue weighted by Gasteiger charge is -2.22. The summed E-state index contributed by atoms with van der Waals surface area (Å²) < 4.78 is 31.2. The number of benzene rings is 2. The van der Waals surface area contributed by atoms with Crippen molar-refractivity contribution in [1.82, 2.24) is 10.2 Å². The van der Waals surface area contributed by atoms with Gasteiger partial charge in [0.15, 0.2) is 17.5 Å². The number of guanidine groups is 1. The standard InChI is InChI=1S/C20H26FN3O2S/c1-22-20(23-12-15-27(25)16-17-8-4-3-5-9-17)24(2)13-14-26-19-11-7-6-10-18(19)21/h3-11H,12-16H2,1-2H3,(H,22,23). The van der Waals surface area contributed by atoms with E-state index in [0.717, 1.165) is 5.56 Å². The lowest BCUT2D eigenvalue weighted by Crippen LogP contribution is -2.42. The highest BCUT2D eigenvalue weighted by molar-refractivity contribution is 7.84. The molecule has 0 heterocycles. The number of nitrogens with zero attached hydrogens (tertiary/aromatic N) is 2. The van der Waals surface area contributed by atoms with Crippen LogP contribution in [-0.4, -0.2) is 54.6 Å². The van der Waals surface area contributed by atoms with E-state index in [2.05, 4.69) is 10.3 Å². The van der Waals surface area contributed by atoms with E-state index < -0.39 is 10.8 Å². The van der Waals surface area contributed by atoms with Crippen molar-refractivity contribution in [2.75, 3.05) is 39.5 Å². The third kappa shape index (κ3) is 7.38. The van der Waals surface area contributed by atoms with E-state index in [1.54, 1.807) is 25.2 Å². The molecule has 2 rings (SSSR count). The van der Waals surface area contributed by atoms with Crippen molar-refractivity contribution in [3.05, 3.63) is 66.0 Å². The highest BCUT2D eigenvalue weighted by Gasteiger charge is 2.08. The molecule has 27 heavy (non-hydrogen) atoms. The van der Waals surface area contributed by atoms with Crippen molar-refractivity contribution in [2.24, 2.45) is 4.99 Å². The molecule has 0 aromatic heterocycles. The largest absolute Gasteiger partial charge is 0.489 e. The first-order chi connectivity index (χ1) is 13.1. The maximum absolute atomic E-state index is 13.5. The third-order valence-electron chi connectivity index (χ3n) is 3.88. The smallest absolute Gasteiger partial charge is 0.193 e. The Balaban J connectivity index is 1.69. The van der Waals surface area contributed by atoms with E-state index in [1.165, 1.54) is 6.07 Å². The zero-order valence-corrected chi connectivity index (χ0v) is 16.5. The molecule has 0 radical (unpaired) electrons.